The van der Waals surface area contributed by atoms with Crippen LogP contribution in [0.15, 0.2) is 6.20 Å². The number of nitrogens with two attached hydrogens (primary N) is 1. The van der Waals surface area contributed by atoms with Gasteiger partial charge in [-0.1, -0.05) is 0 Å². The molecule has 0 amide bonds. The summed E-state index contributed by atoms with van der Waals surface area (Å²) in [6.45, 7) is 2.83. The highest BCUT2D eigenvalue weighted by Gasteiger charge is 2.19. The zero-order valence-corrected chi connectivity index (χ0v) is 10.7. The van der Waals surface area contributed by atoms with Gasteiger partial charge in [0.05, 0.1) is 12.8 Å². The first-order chi connectivity index (χ1) is 9.22. The normalized spacial score (nSPS) is 17.1. The summed E-state index contributed by atoms with van der Waals surface area (Å²) in [5.74, 6) is 0.676. The number of hydrogen-bond donors (Lipinski definition) is 3. The van der Waals surface area contributed by atoms with Crippen LogP contribution in [-0.4, -0.2) is 52.3 Å². The van der Waals surface area contributed by atoms with Crippen LogP contribution in [0.4, 0.5) is 11.8 Å². The van der Waals surface area contributed by atoms with Crippen molar-refractivity contribution in [1.29, 1.82) is 5.26 Å². The number of aliphatic hydroxyl groups is 1. The Bertz CT molecular complexity index is 464. The number of anilines is 2. The number of aromatic nitrogens is 2. The van der Waals surface area contributed by atoms with Crippen LogP contribution < -0.4 is 11.1 Å². The van der Waals surface area contributed by atoms with Gasteiger partial charge in [-0.3, -0.25) is 0 Å². The first-order valence-corrected chi connectivity index (χ1v) is 6.35. The highest BCUT2D eigenvalue weighted by molar-refractivity contribution is 5.49. The average molecular weight is 262 g/mol. The number of nitrogens with one attached hydrogen (secondary N) is 1. The molecule has 4 N–H and O–H groups in total. The van der Waals surface area contributed by atoms with E-state index >= 15 is 0 Å². The summed E-state index contributed by atoms with van der Waals surface area (Å²) in [4.78, 5) is 10.4. The quantitative estimate of drug-likeness (QED) is 0.689. The lowest BCUT2D eigenvalue weighted by Crippen LogP contribution is -2.40. The number of aliphatic hydroxyl groups excluding tert-OH is 1. The Balaban J connectivity index is 1.89. The Morgan fingerprint density at radius 1 is 1.53 bits per heavy atom. The molecule has 2 heterocycles. The highest BCUT2D eigenvalue weighted by atomic mass is 16.3. The van der Waals surface area contributed by atoms with Crippen LogP contribution in [0.2, 0.25) is 0 Å². The number of nitrogens with zero attached hydrogens (tertiary/aromatic N) is 4. The van der Waals surface area contributed by atoms with E-state index in [1.54, 1.807) is 0 Å². The lowest BCUT2D eigenvalue weighted by Gasteiger charge is -2.31. The molecule has 0 bridgehead atoms. The first-order valence-electron chi connectivity index (χ1n) is 6.35. The van der Waals surface area contributed by atoms with Gasteiger partial charge in [-0.05, 0) is 12.8 Å². The van der Waals surface area contributed by atoms with Crippen molar-refractivity contribution in [2.75, 3.05) is 37.3 Å². The van der Waals surface area contributed by atoms with Crippen LogP contribution in [0.5, 0.6) is 0 Å². The smallest absolute Gasteiger partial charge is 0.224 e. The van der Waals surface area contributed by atoms with E-state index in [-0.39, 0.29) is 12.4 Å². The molecule has 0 saturated carbocycles. The van der Waals surface area contributed by atoms with E-state index in [4.69, 9.17) is 16.1 Å². The molecule has 0 unspecified atom stereocenters. The largest absolute Gasteiger partial charge is 0.395 e. The second-order valence-corrected chi connectivity index (χ2v) is 4.59. The molecule has 0 atom stereocenters. The number of hydrogen-bond acceptors (Lipinski definition) is 7. The van der Waals surface area contributed by atoms with Gasteiger partial charge in [-0.2, -0.15) is 10.2 Å². The van der Waals surface area contributed by atoms with E-state index in [0.29, 0.717) is 17.6 Å². The standard InChI is InChI=1S/C12H18N6O/c13-7-9-8-15-12(17-11(9)14)16-10-1-3-18(4-2-10)5-6-19/h8,10,19H,1-6H2,(H3,14,15,16,17). The lowest BCUT2D eigenvalue weighted by molar-refractivity contribution is 0.168. The second-order valence-electron chi connectivity index (χ2n) is 4.59. The van der Waals surface area contributed by atoms with Gasteiger partial charge >= 0.3 is 0 Å². The number of nitriles is 1. The highest BCUT2D eigenvalue weighted by Crippen LogP contribution is 2.15. The van der Waals surface area contributed by atoms with Gasteiger partial charge in [0.15, 0.2) is 0 Å². The SMILES string of the molecule is N#Cc1cnc(NC2CCN(CCO)CC2)nc1N. The zero-order chi connectivity index (χ0) is 13.7. The lowest BCUT2D eigenvalue weighted by atomic mass is 10.1. The van der Waals surface area contributed by atoms with E-state index in [9.17, 15) is 0 Å². The van der Waals surface area contributed by atoms with Crippen molar-refractivity contribution in [3.05, 3.63) is 11.8 Å². The Hall–Kier alpha value is -1.91. The molecule has 7 heteroatoms. The van der Waals surface area contributed by atoms with Gasteiger partial charge in [0.1, 0.15) is 17.5 Å². The van der Waals surface area contributed by atoms with E-state index < -0.39 is 0 Å². The van der Waals surface area contributed by atoms with Crippen LogP contribution in [0, 0.1) is 11.3 Å². The van der Waals surface area contributed by atoms with Crippen LogP contribution in [0.1, 0.15) is 18.4 Å². The fourth-order valence-electron chi connectivity index (χ4n) is 2.18. The predicted molar refractivity (Wildman–Crippen MR) is 71.3 cm³/mol. The Labute approximate surface area is 112 Å². The third-order valence-electron chi connectivity index (χ3n) is 3.28. The summed E-state index contributed by atoms with van der Waals surface area (Å²) in [6.07, 6.45) is 3.39. The van der Waals surface area contributed by atoms with Gasteiger partial charge in [-0.25, -0.2) is 4.98 Å². The molecule has 0 spiro atoms. The average Bonchev–Trinajstić information content (AvgIpc) is 2.42. The number of likely N-dealkylation sites (tertiary alicyclic amines) is 1. The fraction of sp³-hybridized carbons (Fsp3) is 0.583. The number of β-amino-alcohol motifs (C(OH)–C–C–N with tert-alkyl or cyclic N) is 1. The maximum absolute atomic E-state index is 8.88. The summed E-state index contributed by atoms with van der Waals surface area (Å²) in [6, 6.07) is 2.25. The molecule has 1 aromatic heterocycles. The topological polar surface area (TPSA) is 111 Å². The third kappa shape index (κ3) is 3.53. The van der Waals surface area contributed by atoms with E-state index in [1.807, 2.05) is 6.07 Å². The minimum Gasteiger partial charge on any atom is -0.395 e. The van der Waals surface area contributed by atoms with Gasteiger partial charge < -0.3 is 21.1 Å². The number of nitrogen functional groups attached to an aromatic ring is 1. The molecular weight excluding hydrogens is 244 g/mol. The molecule has 19 heavy (non-hydrogen) atoms. The number of piperidine rings is 1. The molecule has 102 valence electrons. The second kappa shape index (κ2) is 6.31. The van der Waals surface area contributed by atoms with Crippen molar-refractivity contribution in [3.63, 3.8) is 0 Å². The van der Waals surface area contributed by atoms with Crippen molar-refractivity contribution in [1.82, 2.24) is 14.9 Å². The maximum Gasteiger partial charge on any atom is 0.224 e. The zero-order valence-electron chi connectivity index (χ0n) is 10.7. The minimum absolute atomic E-state index is 0.202. The third-order valence-corrected chi connectivity index (χ3v) is 3.28. The van der Waals surface area contributed by atoms with Crippen molar-refractivity contribution in [2.24, 2.45) is 0 Å². The van der Waals surface area contributed by atoms with Gasteiger partial charge in [0.2, 0.25) is 5.95 Å². The van der Waals surface area contributed by atoms with Gasteiger partial charge in [0, 0.05) is 25.7 Å². The predicted octanol–water partition coefficient (Wildman–Crippen LogP) is -0.201. The summed E-state index contributed by atoms with van der Waals surface area (Å²) in [5, 5.41) is 20.9. The molecule has 7 nitrogen and oxygen atoms in total. The molecule has 0 radical (unpaired) electrons. The van der Waals surface area contributed by atoms with Crippen LogP contribution >= 0.6 is 0 Å². The molecule has 1 aliphatic rings. The molecule has 2 rings (SSSR count). The number of rotatable bonds is 4. The van der Waals surface area contributed by atoms with Crippen molar-refractivity contribution in [2.45, 2.75) is 18.9 Å². The van der Waals surface area contributed by atoms with Gasteiger partial charge in [-0.15, -0.1) is 0 Å². The molecule has 1 fully saturated rings. The molecule has 1 saturated heterocycles. The van der Waals surface area contributed by atoms with E-state index in [2.05, 4.69) is 20.2 Å². The summed E-state index contributed by atoms with van der Waals surface area (Å²) < 4.78 is 0. The monoisotopic (exact) mass is 262 g/mol. The fourth-order valence-corrected chi connectivity index (χ4v) is 2.18. The summed E-state index contributed by atoms with van der Waals surface area (Å²) in [5.41, 5.74) is 5.94. The first kappa shape index (κ1) is 13.5. The summed E-state index contributed by atoms with van der Waals surface area (Å²) >= 11 is 0. The van der Waals surface area contributed by atoms with E-state index in [1.165, 1.54) is 6.20 Å². The van der Waals surface area contributed by atoms with Crippen LogP contribution in [0.3, 0.4) is 0 Å². The Kier molecular flexibility index (Phi) is 4.49. The van der Waals surface area contributed by atoms with Gasteiger partial charge in [0.25, 0.3) is 0 Å². The molecule has 0 aliphatic carbocycles. The maximum atomic E-state index is 8.88. The van der Waals surface area contributed by atoms with E-state index in [0.717, 1.165) is 32.5 Å². The van der Waals surface area contributed by atoms with Crippen LogP contribution in [0.25, 0.3) is 0 Å². The van der Waals surface area contributed by atoms with Crippen molar-refractivity contribution in [3.8, 4) is 6.07 Å². The van der Waals surface area contributed by atoms with Crippen molar-refractivity contribution >= 4 is 11.8 Å². The Morgan fingerprint density at radius 3 is 2.84 bits per heavy atom. The molecule has 0 aromatic carbocycles. The summed E-state index contributed by atoms with van der Waals surface area (Å²) in [7, 11) is 0. The molecule has 1 aliphatic heterocycles. The molecular formula is C12H18N6O. The van der Waals surface area contributed by atoms with Crippen molar-refractivity contribution < 1.29 is 5.11 Å². The minimum atomic E-state index is 0.202. The van der Waals surface area contributed by atoms with Crippen LogP contribution in [-0.2, 0) is 0 Å². The Morgan fingerprint density at radius 2 is 2.26 bits per heavy atom. The molecule has 1 aromatic rings.